The largest absolute Gasteiger partial charge is 0.352 e. The van der Waals surface area contributed by atoms with Crippen LogP contribution in [0, 0.1) is 5.92 Å². The van der Waals surface area contributed by atoms with E-state index in [1.165, 1.54) is 19.3 Å². The number of hydrogen-bond donors (Lipinski definition) is 1. The summed E-state index contributed by atoms with van der Waals surface area (Å²) in [5.41, 5.74) is 0. The molecule has 1 aliphatic carbocycles. The molecule has 1 amide bonds. The fraction of sp³-hybridized carbons (Fsp3) is 0.667. The molecule has 4 heteroatoms. The van der Waals surface area contributed by atoms with Crippen molar-refractivity contribution in [1.29, 1.82) is 0 Å². The number of carbonyl (C=O) groups is 1. The molecule has 0 aliphatic heterocycles. The Morgan fingerprint density at radius 3 is 3.00 bits per heavy atom. The van der Waals surface area contributed by atoms with Crippen LogP contribution in [0.25, 0.3) is 0 Å². The van der Waals surface area contributed by atoms with E-state index >= 15 is 0 Å². The quantitative estimate of drug-likeness (QED) is 0.842. The number of nitrogens with zero attached hydrogens (tertiary/aromatic N) is 2. The van der Waals surface area contributed by atoms with Crippen molar-refractivity contribution in [1.82, 2.24) is 14.9 Å². The molecule has 0 aromatic carbocycles. The summed E-state index contributed by atoms with van der Waals surface area (Å²) in [6, 6.07) is 0.366. The minimum absolute atomic E-state index is 0.0942. The Kier molecular flexibility index (Phi) is 3.59. The zero-order chi connectivity index (χ0) is 11.4. The van der Waals surface area contributed by atoms with Crippen molar-refractivity contribution in [2.24, 2.45) is 5.92 Å². The van der Waals surface area contributed by atoms with Crippen LogP contribution in [-0.2, 0) is 11.3 Å². The predicted molar refractivity (Wildman–Crippen MR) is 61.8 cm³/mol. The van der Waals surface area contributed by atoms with Gasteiger partial charge >= 0.3 is 0 Å². The number of amides is 1. The van der Waals surface area contributed by atoms with E-state index in [0.717, 1.165) is 6.42 Å². The molecule has 0 saturated heterocycles. The van der Waals surface area contributed by atoms with Crippen LogP contribution in [0.3, 0.4) is 0 Å². The molecule has 1 N–H and O–H groups in total. The van der Waals surface area contributed by atoms with Gasteiger partial charge in [-0.2, -0.15) is 0 Å². The SMILES string of the molecule is CC1CCCCC1NC(=O)Cn1ccnc1. The van der Waals surface area contributed by atoms with Gasteiger partial charge in [0.2, 0.25) is 5.91 Å². The summed E-state index contributed by atoms with van der Waals surface area (Å²) in [5.74, 6) is 0.706. The fourth-order valence-electron chi connectivity index (χ4n) is 2.33. The number of carbonyl (C=O) groups excluding carboxylic acids is 1. The van der Waals surface area contributed by atoms with E-state index in [-0.39, 0.29) is 5.91 Å². The molecule has 88 valence electrons. The van der Waals surface area contributed by atoms with Crippen LogP contribution in [0.1, 0.15) is 32.6 Å². The van der Waals surface area contributed by atoms with Gasteiger partial charge in [-0.15, -0.1) is 0 Å². The first kappa shape index (κ1) is 11.2. The normalized spacial score (nSPS) is 25.3. The number of aromatic nitrogens is 2. The van der Waals surface area contributed by atoms with Gasteiger partial charge in [0.15, 0.2) is 0 Å². The third-order valence-electron chi connectivity index (χ3n) is 3.34. The monoisotopic (exact) mass is 221 g/mol. The first-order chi connectivity index (χ1) is 7.75. The second-order valence-electron chi connectivity index (χ2n) is 4.67. The molecule has 16 heavy (non-hydrogen) atoms. The molecule has 0 radical (unpaired) electrons. The van der Waals surface area contributed by atoms with Gasteiger partial charge in [0.05, 0.1) is 6.33 Å². The minimum atomic E-state index is 0.0942. The van der Waals surface area contributed by atoms with Gasteiger partial charge in [0.25, 0.3) is 0 Å². The number of hydrogen-bond acceptors (Lipinski definition) is 2. The maximum Gasteiger partial charge on any atom is 0.240 e. The van der Waals surface area contributed by atoms with Crippen LogP contribution in [0.2, 0.25) is 0 Å². The summed E-state index contributed by atoms with van der Waals surface area (Å²) in [6.07, 6.45) is 10.1. The molecule has 1 fully saturated rings. The molecular weight excluding hydrogens is 202 g/mol. The fourth-order valence-corrected chi connectivity index (χ4v) is 2.33. The van der Waals surface area contributed by atoms with Crippen LogP contribution < -0.4 is 5.32 Å². The molecule has 4 nitrogen and oxygen atoms in total. The average Bonchev–Trinajstić information content (AvgIpc) is 2.74. The molecule has 2 unspecified atom stereocenters. The lowest BCUT2D eigenvalue weighted by molar-refractivity contribution is -0.122. The second-order valence-corrected chi connectivity index (χ2v) is 4.67. The average molecular weight is 221 g/mol. The van der Waals surface area contributed by atoms with E-state index in [4.69, 9.17) is 0 Å². The zero-order valence-corrected chi connectivity index (χ0v) is 9.72. The Morgan fingerprint density at radius 1 is 1.50 bits per heavy atom. The summed E-state index contributed by atoms with van der Waals surface area (Å²) in [4.78, 5) is 15.7. The molecule has 1 aromatic heterocycles. The number of imidazole rings is 1. The molecule has 2 rings (SSSR count). The zero-order valence-electron chi connectivity index (χ0n) is 9.72. The van der Waals surface area contributed by atoms with Crippen molar-refractivity contribution in [3.05, 3.63) is 18.7 Å². The first-order valence-electron chi connectivity index (χ1n) is 6.01. The van der Waals surface area contributed by atoms with Crippen LogP contribution in [0.5, 0.6) is 0 Å². The smallest absolute Gasteiger partial charge is 0.240 e. The third kappa shape index (κ3) is 2.84. The molecule has 2 atom stereocenters. The molecular formula is C12H19N3O. The molecule has 0 bridgehead atoms. The van der Waals surface area contributed by atoms with E-state index in [1.807, 2.05) is 6.20 Å². The van der Waals surface area contributed by atoms with Gasteiger partial charge in [0, 0.05) is 18.4 Å². The van der Waals surface area contributed by atoms with Gasteiger partial charge in [0.1, 0.15) is 6.54 Å². The van der Waals surface area contributed by atoms with Crippen LogP contribution in [0.15, 0.2) is 18.7 Å². The highest BCUT2D eigenvalue weighted by molar-refractivity contribution is 5.76. The van der Waals surface area contributed by atoms with E-state index < -0.39 is 0 Å². The van der Waals surface area contributed by atoms with E-state index in [0.29, 0.717) is 18.5 Å². The Labute approximate surface area is 96.1 Å². The summed E-state index contributed by atoms with van der Waals surface area (Å²) >= 11 is 0. The highest BCUT2D eigenvalue weighted by Crippen LogP contribution is 2.23. The Hall–Kier alpha value is -1.32. The third-order valence-corrected chi connectivity index (χ3v) is 3.34. The summed E-state index contributed by atoms with van der Waals surface area (Å²) < 4.78 is 1.79. The van der Waals surface area contributed by atoms with Gasteiger partial charge < -0.3 is 9.88 Å². The van der Waals surface area contributed by atoms with Crippen LogP contribution >= 0.6 is 0 Å². The van der Waals surface area contributed by atoms with Gasteiger partial charge in [-0.25, -0.2) is 4.98 Å². The van der Waals surface area contributed by atoms with Crippen molar-refractivity contribution in [3.8, 4) is 0 Å². The highest BCUT2D eigenvalue weighted by atomic mass is 16.2. The Morgan fingerprint density at radius 2 is 2.31 bits per heavy atom. The molecule has 0 spiro atoms. The van der Waals surface area contributed by atoms with Gasteiger partial charge in [-0.3, -0.25) is 4.79 Å². The number of nitrogens with one attached hydrogen (secondary N) is 1. The number of rotatable bonds is 3. The van der Waals surface area contributed by atoms with Gasteiger partial charge in [-0.05, 0) is 18.8 Å². The van der Waals surface area contributed by atoms with E-state index in [2.05, 4.69) is 17.2 Å². The van der Waals surface area contributed by atoms with E-state index in [1.54, 1.807) is 17.1 Å². The Bertz CT molecular complexity index is 334. The standard InChI is InChI=1S/C12H19N3O/c1-10-4-2-3-5-11(10)14-12(16)8-15-7-6-13-9-15/h6-7,9-11H,2-5,8H2,1H3,(H,14,16). The van der Waals surface area contributed by atoms with Crippen molar-refractivity contribution >= 4 is 5.91 Å². The lowest BCUT2D eigenvalue weighted by Crippen LogP contribution is -2.42. The highest BCUT2D eigenvalue weighted by Gasteiger charge is 2.22. The van der Waals surface area contributed by atoms with Crippen molar-refractivity contribution < 1.29 is 4.79 Å². The molecule has 1 aromatic rings. The first-order valence-corrected chi connectivity index (χ1v) is 6.01. The van der Waals surface area contributed by atoms with Crippen LogP contribution in [-0.4, -0.2) is 21.5 Å². The van der Waals surface area contributed by atoms with E-state index in [9.17, 15) is 4.79 Å². The lowest BCUT2D eigenvalue weighted by atomic mass is 9.86. The van der Waals surface area contributed by atoms with Crippen molar-refractivity contribution in [2.45, 2.75) is 45.2 Å². The molecule has 1 saturated carbocycles. The topological polar surface area (TPSA) is 46.9 Å². The lowest BCUT2D eigenvalue weighted by Gasteiger charge is -2.29. The summed E-state index contributed by atoms with van der Waals surface area (Å²) in [6.45, 7) is 2.60. The predicted octanol–water partition coefficient (Wildman–Crippen LogP) is 1.58. The maximum absolute atomic E-state index is 11.8. The minimum Gasteiger partial charge on any atom is -0.352 e. The maximum atomic E-state index is 11.8. The van der Waals surface area contributed by atoms with Crippen LogP contribution in [0.4, 0.5) is 0 Å². The van der Waals surface area contributed by atoms with Gasteiger partial charge in [-0.1, -0.05) is 19.8 Å². The molecule has 1 heterocycles. The van der Waals surface area contributed by atoms with Crippen molar-refractivity contribution in [3.63, 3.8) is 0 Å². The Balaban J connectivity index is 1.82. The second kappa shape index (κ2) is 5.14. The molecule has 1 aliphatic rings. The summed E-state index contributed by atoms with van der Waals surface area (Å²) in [7, 11) is 0. The van der Waals surface area contributed by atoms with Crippen molar-refractivity contribution in [2.75, 3.05) is 0 Å². The summed E-state index contributed by atoms with van der Waals surface area (Å²) in [5, 5.41) is 3.12.